The fraction of sp³-hybridized carbons (Fsp3) is 0.720. The smallest absolute Gasteiger partial charge is 0.144 e. The first-order valence-corrected chi connectivity index (χ1v) is 14.4. The second-order valence-electron chi connectivity index (χ2n) is 9.64. The lowest BCUT2D eigenvalue weighted by Gasteiger charge is -2.37. The summed E-state index contributed by atoms with van der Waals surface area (Å²) in [6.07, 6.45) is 14.2. The molecule has 0 unspecified atom stereocenters. The minimum absolute atomic E-state index is 0.351. The van der Waals surface area contributed by atoms with Crippen LogP contribution in [0, 0.1) is 40.7 Å². The van der Waals surface area contributed by atoms with Gasteiger partial charge in [-0.25, -0.2) is 8.78 Å². The highest BCUT2D eigenvalue weighted by molar-refractivity contribution is 6.58. The number of unbranched alkanes of at least 4 members (excludes halogenated alkanes) is 1. The van der Waals surface area contributed by atoms with E-state index in [2.05, 4.69) is 6.92 Å². The summed E-state index contributed by atoms with van der Waals surface area (Å²) < 4.78 is 27.4. The van der Waals surface area contributed by atoms with Gasteiger partial charge in [0.1, 0.15) is 23.3 Å². The van der Waals surface area contributed by atoms with Crippen LogP contribution in [0.15, 0.2) is 12.1 Å². The molecule has 0 atom stereocenters. The van der Waals surface area contributed by atoms with Gasteiger partial charge in [0.05, 0.1) is 0 Å². The second kappa shape index (κ2) is 11.3. The maximum Gasteiger partial charge on any atom is 0.144 e. The van der Waals surface area contributed by atoms with E-state index in [-0.39, 0.29) is 8.80 Å². The highest BCUT2D eigenvalue weighted by Crippen LogP contribution is 2.42. The van der Waals surface area contributed by atoms with Crippen molar-refractivity contribution in [2.75, 3.05) is 0 Å². The predicted octanol–water partition coefficient (Wildman–Crippen LogP) is 7.40. The van der Waals surface area contributed by atoms with E-state index in [4.69, 9.17) is 5.26 Å². The number of rotatable bonds is 8. The largest absolute Gasteiger partial charge is 0.205 e. The molecule has 1 aliphatic heterocycles. The van der Waals surface area contributed by atoms with Crippen molar-refractivity contribution in [3.8, 4) is 6.07 Å². The van der Waals surface area contributed by atoms with Crippen LogP contribution in [-0.4, -0.2) is 8.80 Å². The SMILES string of the molecule is CCC[SiH]1CCC([C@H]2CC[C@H](CCCCc3cc(F)c(C#N)c(F)c3)CC2)CC1. The van der Waals surface area contributed by atoms with E-state index in [0.29, 0.717) is 12.0 Å². The van der Waals surface area contributed by atoms with Gasteiger partial charge in [-0.2, -0.15) is 5.26 Å². The zero-order chi connectivity index (χ0) is 20.6. The van der Waals surface area contributed by atoms with Crippen LogP contribution in [0.4, 0.5) is 8.78 Å². The van der Waals surface area contributed by atoms with Gasteiger partial charge in [-0.15, -0.1) is 0 Å². The first-order chi connectivity index (χ1) is 14.1. The molecule has 160 valence electrons. The van der Waals surface area contributed by atoms with Crippen molar-refractivity contribution >= 4 is 8.80 Å². The van der Waals surface area contributed by atoms with Crippen LogP contribution in [0.2, 0.25) is 18.1 Å². The molecule has 1 aromatic rings. The van der Waals surface area contributed by atoms with Crippen molar-refractivity contribution in [3.05, 3.63) is 34.9 Å². The zero-order valence-electron chi connectivity index (χ0n) is 18.1. The Hall–Kier alpha value is -1.21. The molecule has 3 rings (SSSR count). The van der Waals surface area contributed by atoms with Crippen LogP contribution in [0.25, 0.3) is 0 Å². The first kappa shape index (κ1) is 22.5. The molecule has 2 fully saturated rings. The summed E-state index contributed by atoms with van der Waals surface area (Å²) in [4.78, 5) is 0. The number of nitrogens with zero attached hydrogens (tertiary/aromatic N) is 1. The Balaban J connectivity index is 1.32. The van der Waals surface area contributed by atoms with E-state index < -0.39 is 17.2 Å². The van der Waals surface area contributed by atoms with Crippen LogP contribution in [0.3, 0.4) is 0 Å². The summed E-state index contributed by atoms with van der Waals surface area (Å²) in [5.74, 6) is 1.41. The minimum Gasteiger partial charge on any atom is -0.205 e. The van der Waals surface area contributed by atoms with Gasteiger partial charge in [-0.05, 0) is 61.1 Å². The van der Waals surface area contributed by atoms with Gasteiger partial charge < -0.3 is 0 Å². The summed E-state index contributed by atoms with van der Waals surface area (Å²) >= 11 is 0. The molecule has 0 spiro atoms. The number of nitriles is 1. The summed E-state index contributed by atoms with van der Waals surface area (Å²) in [7, 11) is -0.351. The molecule has 0 amide bonds. The minimum atomic E-state index is -0.729. The molecule has 1 heterocycles. The number of benzene rings is 1. The topological polar surface area (TPSA) is 23.8 Å². The molecule has 1 aliphatic carbocycles. The fourth-order valence-corrected chi connectivity index (χ4v) is 9.43. The van der Waals surface area contributed by atoms with Crippen LogP contribution in [0.5, 0.6) is 0 Å². The van der Waals surface area contributed by atoms with E-state index in [9.17, 15) is 8.78 Å². The molecule has 1 nitrogen and oxygen atoms in total. The Kier molecular flexibility index (Phi) is 8.72. The van der Waals surface area contributed by atoms with Gasteiger partial charge in [0.25, 0.3) is 0 Å². The van der Waals surface area contributed by atoms with E-state index in [0.717, 1.165) is 30.6 Å². The van der Waals surface area contributed by atoms with Crippen molar-refractivity contribution in [1.82, 2.24) is 0 Å². The van der Waals surface area contributed by atoms with E-state index >= 15 is 0 Å². The Morgan fingerprint density at radius 2 is 1.59 bits per heavy atom. The Bertz CT molecular complexity index is 660. The molecule has 2 aliphatic rings. The van der Waals surface area contributed by atoms with Crippen LogP contribution in [-0.2, 0) is 6.42 Å². The average Bonchev–Trinajstić information content (AvgIpc) is 2.72. The summed E-state index contributed by atoms with van der Waals surface area (Å²) in [6, 6.07) is 9.02. The lowest BCUT2D eigenvalue weighted by atomic mass is 9.73. The maximum absolute atomic E-state index is 13.7. The van der Waals surface area contributed by atoms with Crippen LogP contribution >= 0.6 is 0 Å². The molecule has 1 aromatic carbocycles. The van der Waals surface area contributed by atoms with Gasteiger partial charge in [0, 0.05) is 8.80 Å². The van der Waals surface area contributed by atoms with E-state index in [1.54, 1.807) is 24.2 Å². The third kappa shape index (κ3) is 6.38. The molecule has 29 heavy (non-hydrogen) atoms. The van der Waals surface area contributed by atoms with Gasteiger partial charge in [0.2, 0.25) is 0 Å². The zero-order valence-corrected chi connectivity index (χ0v) is 19.2. The number of halogens is 2. The van der Waals surface area contributed by atoms with Crippen molar-refractivity contribution in [3.63, 3.8) is 0 Å². The maximum atomic E-state index is 13.7. The molecule has 1 saturated carbocycles. The molecule has 0 radical (unpaired) electrons. The monoisotopic (exact) mass is 417 g/mol. The number of hydrogen-bond donors (Lipinski definition) is 0. The average molecular weight is 418 g/mol. The van der Waals surface area contributed by atoms with Crippen molar-refractivity contribution < 1.29 is 8.78 Å². The molecular weight excluding hydrogens is 380 g/mol. The molecule has 1 saturated heterocycles. The lowest BCUT2D eigenvalue weighted by molar-refractivity contribution is 0.184. The Morgan fingerprint density at radius 1 is 0.966 bits per heavy atom. The molecule has 0 N–H and O–H groups in total. The Labute approximate surface area is 177 Å². The molecule has 0 aromatic heterocycles. The van der Waals surface area contributed by atoms with Crippen LogP contribution in [0.1, 0.15) is 82.3 Å². The van der Waals surface area contributed by atoms with Crippen molar-refractivity contribution in [2.24, 2.45) is 17.8 Å². The highest BCUT2D eigenvalue weighted by atomic mass is 28.3. The summed E-state index contributed by atoms with van der Waals surface area (Å²) in [5, 5.41) is 8.76. The summed E-state index contributed by atoms with van der Waals surface area (Å²) in [6.45, 7) is 2.35. The highest BCUT2D eigenvalue weighted by Gasteiger charge is 2.30. The van der Waals surface area contributed by atoms with E-state index in [1.807, 2.05) is 0 Å². The van der Waals surface area contributed by atoms with Gasteiger partial charge in [0.15, 0.2) is 0 Å². The first-order valence-electron chi connectivity index (χ1n) is 12.0. The lowest BCUT2D eigenvalue weighted by Crippen LogP contribution is -2.28. The standard InChI is InChI=1S/C25H37F2NSi/c1-2-13-29-14-11-22(12-15-29)21-9-7-19(8-10-21)5-3-4-6-20-16-24(26)23(18-28)25(27)17-20/h16-17,19,21-22,29H,2-15H2,1H3/t19-,21-,22?,29?. The fourth-order valence-electron chi connectivity index (χ4n) is 5.94. The quantitative estimate of drug-likeness (QED) is 0.319. The van der Waals surface area contributed by atoms with E-state index in [1.165, 1.54) is 63.5 Å². The second-order valence-corrected chi connectivity index (χ2v) is 13.1. The third-order valence-corrected chi connectivity index (χ3v) is 11.4. The van der Waals surface area contributed by atoms with Crippen LogP contribution < -0.4 is 0 Å². The van der Waals surface area contributed by atoms with Gasteiger partial charge >= 0.3 is 0 Å². The number of hydrogen-bond acceptors (Lipinski definition) is 1. The van der Waals surface area contributed by atoms with Crippen molar-refractivity contribution in [1.29, 1.82) is 5.26 Å². The number of aryl methyl sites for hydroxylation is 1. The third-order valence-electron chi connectivity index (χ3n) is 7.69. The molecule has 4 heteroatoms. The molecular formula is C25H37F2NSi. The van der Waals surface area contributed by atoms with Gasteiger partial charge in [-0.1, -0.05) is 70.0 Å². The van der Waals surface area contributed by atoms with Gasteiger partial charge in [-0.3, -0.25) is 0 Å². The predicted molar refractivity (Wildman–Crippen MR) is 119 cm³/mol. The summed E-state index contributed by atoms with van der Waals surface area (Å²) in [5.41, 5.74) is 0.205. The van der Waals surface area contributed by atoms with Crippen molar-refractivity contribution in [2.45, 2.75) is 95.7 Å². The molecule has 0 bridgehead atoms. The normalized spacial score (nSPS) is 27.5. The Morgan fingerprint density at radius 3 is 2.17 bits per heavy atom.